The van der Waals surface area contributed by atoms with Crippen LogP contribution in [0.25, 0.3) is 0 Å². The van der Waals surface area contributed by atoms with E-state index < -0.39 is 0 Å². The third kappa shape index (κ3) is 2.75. The zero-order valence-electron chi connectivity index (χ0n) is 9.26. The van der Waals surface area contributed by atoms with Gasteiger partial charge in [-0.05, 0) is 37.3 Å². The summed E-state index contributed by atoms with van der Waals surface area (Å²) in [4.78, 5) is 4.06. The van der Waals surface area contributed by atoms with Crippen molar-refractivity contribution in [1.82, 2.24) is 10.3 Å². The summed E-state index contributed by atoms with van der Waals surface area (Å²) in [5.74, 6) is -0.278. The molecule has 2 nitrogen and oxygen atoms in total. The molecule has 2 rings (SSSR count). The van der Waals surface area contributed by atoms with Gasteiger partial charge in [0.15, 0.2) is 0 Å². The molecule has 1 aromatic heterocycles. The normalized spacial score (nSPS) is 19.9. The highest BCUT2D eigenvalue weighted by atomic mass is 19.1. The Kier molecular flexibility index (Phi) is 2.74. The molecule has 0 aromatic carbocycles. The lowest BCUT2D eigenvalue weighted by molar-refractivity contribution is 0.451. The van der Waals surface area contributed by atoms with Crippen LogP contribution in [0.4, 0.5) is 4.39 Å². The van der Waals surface area contributed by atoms with Crippen LogP contribution in [0.2, 0.25) is 0 Å². The van der Waals surface area contributed by atoms with Crippen LogP contribution in [-0.2, 0) is 0 Å². The summed E-state index contributed by atoms with van der Waals surface area (Å²) < 4.78 is 12.7. The van der Waals surface area contributed by atoms with Gasteiger partial charge in [-0.2, -0.15) is 0 Å². The van der Waals surface area contributed by atoms with Crippen molar-refractivity contribution in [3.63, 3.8) is 0 Å². The van der Waals surface area contributed by atoms with Gasteiger partial charge in [0.05, 0.1) is 11.9 Å². The second kappa shape index (κ2) is 3.89. The number of nitrogens with one attached hydrogen (secondary N) is 1. The fraction of sp³-hybridized carbons (Fsp3) is 0.583. The molecule has 0 saturated heterocycles. The van der Waals surface area contributed by atoms with Crippen molar-refractivity contribution in [2.24, 2.45) is 5.41 Å². The highest BCUT2D eigenvalue weighted by Crippen LogP contribution is 2.44. The largest absolute Gasteiger partial charge is 0.308 e. The van der Waals surface area contributed by atoms with Gasteiger partial charge in [0, 0.05) is 12.6 Å². The molecular weight excluding hydrogens is 191 g/mol. The zero-order valence-corrected chi connectivity index (χ0v) is 9.26. The lowest BCUT2D eigenvalue weighted by atomic mass is 10.1. The Hall–Kier alpha value is -0.960. The third-order valence-corrected chi connectivity index (χ3v) is 3.13. The van der Waals surface area contributed by atoms with E-state index in [4.69, 9.17) is 0 Å². The standard InChI is InChI=1S/C12H17FN2/c1-9(15-8-12(2)5-6-12)11-4-3-10(13)7-14-11/h3-4,7,9,15H,5-6,8H2,1-2H3. The van der Waals surface area contributed by atoms with Gasteiger partial charge < -0.3 is 5.32 Å². The van der Waals surface area contributed by atoms with Crippen LogP contribution >= 0.6 is 0 Å². The van der Waals surface area contributed by atoms with E-state index >= 15 is 0 Å². The van der Waals surface area contributed by atoms with Crippen LogP contribution in [0.5, 0.6) is 0 Å². The van der Waals surface area contributed by atoms with Gasteiger partial charge in [0.25, 0.3) is 0 Å². The van der Waals surface area contributed by atoms with Crippen molar-refractivity contribution in [3.05, 3.63) is 29.8 Å². The van der Waals surface area contributed by atoms with Crippen molar-refractivity contribution in [2.75, 3.05) is 6.54 Å². The molecule has 3 heteroatoms. The fourth-order valence-corrected chi connectivity index (χ4v) is 1.54. The first-order chi connectivity index (χ1) is 7.09. The van der Waals surface area contributed by atoms with E-state index in [9.17, 15) is 4.39 Å². The van der Waals surface area contributed by atoms with Crippen molar-refractivity contribution in [2.45, 2.75) is 32.7 Å². The number of aromatic nitrogens is 1. The third-order valence-electron chi connectivity index (χ3n) is 3.13. The minimum atomic E-state index is -0.278. The molecule has 0 bridgehead atoms. The molecule has 15 heavy (non-hydrogen) atoms. The molecule has 0 amide bonds. The smallest absolute Gasteiger partial charge is 0.141 e. The average molecular weight is 208 g/mol. The van der Waals surface area contributed by atoms with E-state index in [0.717, 1.165) is 12.2 Å². The molecule has 1 fully saturated rings. The van der Waals surface area contributed by atoms with Gasteiger partial charge in [-0.1, -0.05) is 6.92 Å². The molecular formula is C12H17FN2. The maximum atomic E-state index is 12.7. The maximum Gasteiger partial charge on any atom is 0.141 e. The summed E-state index contributed by atoms with van der Waals surface area (Å²) in [7, 11) is 0. The molecule has 0 radical (unpaired) electrons. The Morgan fingerprint density at radius 3 is 2.80 bits per heavy atom. The molecule has 1 unspecified atom stereocenters. The highest BCUT2D eigenvalue weighted by Gasteiger charge is 2.36. The summed E-state index contributed by atoms with van der Waals surface area (Å²) in [5, 5.41) is 3.44. The van der Waals surface area contributed by atoms with Crippen LogP contribution in [0.3, 0.4) is 0 Å². The van der Waals surface area contributed by atoms with E-state index in [-0.39, 0.29) is 11.9 Å². The molecule has 1 atom stereocenters. The van der Waals surface area contributed by atoms with E-state index in [1.165, 1.54) is 25.1 Å². The van der Waals surface area contributed by atoms with Crippen LogP contribution < -0.4 is 5.32 Å². The quantitative estimate of drug-likeness (QED) is 0.822. The maximum absolute atomic E-state index is 12.7. The molecule has 1 N–H and O–H groups in total. The summed E-state index contributed by atoms with van der Waals surface area (Å²) in [6.45, 7) is 5.37. The Balaban J connectivity index is 1.89. The van der Waals surface area contributed by atoms with E-state index in [0.29, 0.717) is 5.41 Å². The van der Waals surface area contributed by atoms with Crippen molar-refractivity contribution in [1.29, 1.82) is 0 Å². The Labute approximate surface area is 89.9 Å². The Morgan fingerprint density at radius 1 is 1.53 bits per heavy atom. The zero-order chi connectivity index (χ0) is 10.9. The molecule has 1 saturated carbocycles. The number of rotatable bonds is 4. The summed E-state index contributed by atoms with van der Waals surface area (Å²) >= 11 is 0. The minimum absolute atomic E-state index is 0.197. The summed E-state index contributed by atoms with van der Waals surface area (Å²) in [6.07, 6.45) is 3.89. The first-order valence-electron chi connectivity index (χ1n) is 5.44. The summed E-state index contributed by atoms with van der Waals surface area (Å²) in [5.41, 5.74) is 1.40. The van der Waals surface area contributed by atoms with Gasteiger partial charge in [0.2, 0.25) is 0 Å². The summed E-state index contributed by atoms with van der Waals surface area (Å²) in [6, 6.07) is 3.39. The highest BCUT2D eigenvalue weighted by molar-refractivity contribution is 5.09. The average Bonchev–Trinajstić information content (AvgIpc) is 2.95. The van der Waals surface area contributed by atoms with Gasteiger partial charge >= 0.3 is 0 Å². The molecule has 1 aliphatic rings. The SMILES string of the molecule is CC(NCC1(C)CC1)c1ccc(F)cn1. The number of pyridine rings is 1. The first-order valence-corrected chi connectivity index (χ1v) is 5.44. The topological polar surface area (TPSA) is 24.9 Å². The molecule has 82 valence electrons. The molecule has 1 aromatic rings. The minimum Gasteiger partial charge on any atom is -0.308 e. The van der Waals surface area contributed by atoms with Gasteiger partial charge in [-0.3, -0.25) is 4.98 Å². The molecule has 0 spiro atoms. The second-order valence-corrected chi connectivity index (χ2v) is 4.81. The van der Waals surface area contributed by atoms with E-state index in [2.05, 4.69) is 24.1 Å². The van der Waals surface area contributed by atoms with Crippen LogP contribution in [0, 0.1) is 11.2 Å². The van der Waals surface area contributed by atoms with Gasteiger partial charge in [-0.25, -0.2) is 4.39 Å². The van der Waals surface area contributed by atoms with Crippen molar-refractivity contribution >= 4 is 0 Å². The lowest BCUT2D eigenvalue weighted by Gasteiger charge is -2.16. The van der Waals surface area contributed by atoms with Crippen LogP contribution in [-0.4, -0.2) is 11.5 Å². The van der Waals surface area contributed by atoms with E-state index in [1.54, 1.807) is 6.07 Å². The monoisotopic (exact) mass is 208 g/mol. The number of halogens is 1. The van der Waals surface area contributed by atoms with E-state index in [1.807, 2.05) is 0 Å². The molecule has 1 heterocycles. The second-order valence-electron chi connectivity index (χ2n) is 4.81. The lowest BCUT2D eigenvalue weighted by Crippen LogP contribution is -2.25. The fourth-order valence-electron chi connectivity index (χ4n) is 1.54. The van der Waals surface area contributed by atoms with Gasteiger partial charge in [0.1, 0.15) is 5.82 Å². The molecule has 1 aliphatic carbocycles. The van der Waals surface area contributed by atoms with Gasteiger partial charge in [-0.15, -0.1) is 0 Å². The Morgan fingerprint density at radius 2 is 2.27 bits per heavy atom. The van der Waals surface area contributed by atoms with Crippen molar-refractivity contribution in [3.8, 4) is 0 Å². The predicted octanol–water partition coefficient (Wildman–Crippen LogP) is 2.67. The van der Waals surface area contributed by atoms with Crippen molar-refractivity contribution < 1.29 is 4.39 Å². The molecule has 0 aliphatic heterocycles. The number of nitrogens with zero attached hydrogens (tertiary/aromatic N) is 1. The van der Waals surface area contributed by atoms with Crippen LogP contribution in [0.1, 0.15) is 38.4 Å². The predicted molar refractivity (Wildman–Crippen MR) is 58.0 cm³/mol. The number of hydrogen-bond donors (Lipinski definition) is 1. The number of hydrogen-bond acceptors (Lipinski definition) is 2. The van der Waals surface area contributed by atoms with Crippen LogP contribution in [0.15, 0.2) is 18.3 Å². The first kappa shape index (κ1) is 10.6. The Bertz CT molecular complexity index is 330.